The molecule has 0 fully saturated rings. The van der Waals surface area contributed by atoms with E-state index in [2.05, 4.69) is 5.32 Å². The van der Waals surface area contributed by atoms with E-state index >= 15 is 0 Å². The van der Waals surface area contributed by atoms with E-state index in [0.29, 0.717) is 11.3 Å². The summed E-state index contributed by atoms with van der Waals surface area (Å²) in [5.41, 5.74) is 0. The molecule has 0 saturated carbocycles. The number of carbonyl (C=O) groups excluding carboxylic acids is 3. The lowest BCUT2D eigenvalue weighted by atomic mass is 9.99. The highest BCUT2D eigenvalue weighted by molar-refractivity contribution is 7.20. The Balaban J connectivity index is 1.93. The van der Waals surface area contributed by atoms with Crippen LogP contribution in [0.25, 0.3) is 10.1 Å². The lowest BCUT2D eigenvalue weighted by Crippen LogP contribution is -2.47. The molecule has 1 aromatic carbocycles. The smallest absolute Gasteiger partial charge is 0.348 e. The van der Waals surface area contributed by atoms with Gasteiger partial charge >= 0.3 is 11.9 Å². The Kier molecular flexibility index (Phi) is 6.52. The fourth-order valence-corrected chi connectivity index (χ4v) is 3.25. The number of amides is 1. The standard InChI is InChI=1S/C18H21NO5S/c1-4-11(2)16(18(22)23-3)19-15(20)10-24-17(21)14-9-12-7-5-6-8-13(12)25-14/h5-9,11,16H,4,10H2,1-3H3,(H,19,20)/t11-,16+/m0/s1. The normalized spacial score (nSPS) is 13.1. The molecule has 1 aromatic heterocycles. The van der Waals surface area contributed by atoms with Gasteiger partial charge in [-0.15, -0.1) is 11.3 Å². The van der Waals surface area contributed by atoms with Crippen molar-refractivity contribution in [1.29, 1.82) is 0 Å². The molecular weight excluding hydrogens is 342 g/mol. The summed E-state index contributed by atoms with van der Waals surface area (Å²) in [7, 11) is 1.27. The predicted molar refractivity (Wildman–Crippen MR) is 95.5 cm³/mol. The number of ether oxygens (including phenoxy) is 2. The summed E-state index contributed by atoms with van der Waals surface area (Å²) in [6, 6.07) is 8.57. The van der Waals surface area contributed by atoms with Gasteiger partial charge in [-0.3, -0.25) is 4.79 Å². The quantitative estimate of drug-likeness (QED) is 0.765. The molecule has 0 radical (unpaired) electrons. The Labute approximate surface area is 150 Å². The van der Waals surface area contributed by atoms with Gasteiger partial charge in [-0.1, -0.05) is 38.5 Å². The molecule has 2 atom stereocenters. The molecule has 0 aliphatic heterocycles. The molecule has 1 N–H and O–H groups in total. The number of hydrogen-bond acceptors (Lipinski definition) is 6. The monoisotopic (exact) mass is 363 g/mol. The topological polar surface area (TPSA) is 81.7 Å². The van der Waals surface area contributed by atoms with E-state index in [0.717, 1.165) is 10.1 Å². The first-order chi connectivity index (χ1) is 12.0. The zero-order valence-electron chi connectivity index (χ0n) is 14.4. The van der Waals surface area contributed by atoms with Gasteiger partial charge in [0.25, 0.3) is 5.91 Å². The molecule has 0 spiro atoms. The van der Waals surface area contributed by atoms with Crippen LogP contribution in [0.5, 0.6) is 0 Å². The number of fused-ring (bicyclic) bond motifs is 1. The number of carbonyl (C=O) groups is 3. The zero-order chi connectivity index (χ0) is 18.4. The SMILES string of the molecule is CC[C@H](C)[C@@H](NC(=O)COC(=O)c1cc2ccccc2s1)C(=O)OC. The third-order valence-corrected chi connectivity index (χ3v) is 5.04. The van der Waals surface area contributed by atoms with Gasteiger partial charge in [0.2, 0.25) is 0 Å². The largest absolute Gasteiger partial charge is 0.467 e. The second-order valence-corrected chi connectivity index (χ2v) is 6.76. The van der Waals surface area contributed by atoms with E-state index in [9.17, 15) is 14.4 Å². The van der Waals surface area contributed by atoms with Gasteiger partial charge in [0, 0.05) is 4.70 Å². The molecule has 6 nitrogen and oxygen atoms in total. The number of rotatable bonds is 7. The van der Waals surface area contributed by atoms with Crippen molar-refractivity contribution in [3.63, 3.8) is 0 Å². The van der Waals surface area contributed by atoms with Crippen molar-refractivity contribution in [3.8, 4) is 0 Å². The Hall–Kier alpha value is -2.41. The zero-order valence-corrected chi connectivity index (χ0v) is 15.2. The lowest BCUT2D eigenvalue weighted by molar-refractivity contribution is -0.147. The number of thiophene rings is 1. The van der Waals surface area contributed by atoms with Gasteiger partial charge in [0.05, 0.1) is 7.11 Å². The van der Waals surface area contributed by atoms with Gasteiger partial charge < -0.3 is 14.8 Å². The molecule has 1 heterocycles. The van der Waals surface area contributed by atoms with E-state index in [1.165, 1.54) is 18.4 Å². The molecule has 0 saturated heterocycles. The number of esters is 2. The first-order valence-corrected chi connectivity index (χ1v) is 8.80. The molecule has 0 aliphatic rings. The van der Waals surface area contributed by atoms with Gasteiger partial charge in [-0.25, -0.2) is 9.59 Å². The van der Waals surface area contributed by atoms with Crippen LogP contribution in [-0.2, 0) is 19.1 Å². The third-order valence-electron chi connectivity index (χ3n) is 3.95. The molecule has 0 bridgehead atoms. The van der Waals surface area contributed by atoms with E-state index < -0.39 is 30.5 Å². The van der Waals surface area contributed by atoms with Crippen LogP contribution in [0.4, 0.5) is 0 Å². The predicted octanol–water partition coefficient (Wildman–Crippen LogP) is 2.76. The average Bonchev–Trinajstić information content (AvgIpc) is 3.07. The second kappa shape index (κ2) is 8.62. The highest BCUT2D eigenvalue weighted by atomic mass is 32.1. The summed E-state index contributed by atoms with van der Waals surface area (Å²) in [5.74, 6) is -1.70. The molecule has 1 amide bonds. The fourth-order valence-electron chi connectivity index (χ4n) is 2.30. The van der Waals surface area contributed by atoms with Crippen LogP contribution in [-0.4, -0.2) is 37.6 Å². The van der Waals surface area contributed by atoms with Crippen LogP contribution in [0.3, 0.4) is 0 Å². The van der Waals surface area contributed by atoms with Gasteiger partial charge in [-0.05, 0) is 23.4 Å². The summed E-state index contributed by atoms with van der Waals surface area (Å²) in [6.07, 6.45) is 0.696. The van der Waals surface area contributed by atoms with Crippen molar-refractivity contribution >= 4 is 39.3 Å². The van der Waals surface area contributed by atoms with Crippen molar-refractivity contribution in [3.05, 3.63) is 35.2 Å². The molecule has 2 aromatic rings. The van der Waals surface area contributed by atoms with Crippen LogP contribution in [0, 0.1) is 5.92 Å². The minimum atomic E-state index is -0.759. The van der Waals surface area contributed by atoms with Crippen molar-refractivity contribution in [1.82, 2.24) is 5.32 Å². The van der Waals surface area contributed by atoms with Gasteiger partial charge in [0.1, 0.15) is 10.9 Å². The van der Waals surface area contributed by atoms with Crippen LogP contribution in [0.1, 0.15) is 29.9 Å². The van der Waals surface area contributed by atoms with E-state index in [1.54, 1.807) is 6.07 Å². The van der Waals surface area contributed by atoms with Gasteiger partial charge in [-0.2, -0.15) is 0 Å². The number of hydrogen-bond donors (Lipinski definition) is 1. The fraction of sp³-hybridized carbons (Fsp3) is 0.389. The molecule has 7 heteroatoms. The number of benzene rings is 1. The number of nitrogens with one attached hydrogen (secondary N) is 1. The summed E-state index contributed by atoms with van der Waals surface area (Å²) in [5, 5.41) is 3.51. The average molecular weight is 363 g/mol. The molecule has 2 rings (SSSR count). The summed E-state index contributed by atoms with van der Waals surface area (Å²) < 4.78 is 10.7. The molecule has 134 valence electrons. The lowest BCUT2D eigenvalue weighted by Gasteiger charge is -2.21. The first kappa shape index (κ1) is 18.9. The van der Waals surface area contributed by atoms with E-state index in [1.807, 2.05) is 38.1 Å². The molecule has 0 unspecified atom stereocenters. The van der Waals surface area contributed by atoms with Crippen LogP contribution >= 0.6 is 11.3 Å². The van der Waals surface area contributed by atoms with Crippen LogP contribution < -0.4 is 5.32 Å². The highest BCUT2D eigenvalue weighted by Crippen LogP contribution is 2.25. The maximum Gasteiger partial charge on any atom is 0.348 e. The Morgan fingerprint density at radius 2 is 1.96 bits per heavy atom. The van der Waals surface area contributed by atoms with Gasteiger partial charge in [0.15, 0.2) is 6.61 Å². The van der Waals surface area contributed by atoms with Crippen molar-refractivity contribution < 1.29 is 23.9 Å². The maximum absolute atomic E-state index is 12.1. The maximum atomic E-state index is 12.1. The van der Waals surface area contributed by atoms with E-state index in [-0.39, 0.29) is 5.92 Å². The first-order valence-electron chi connectivity index (χ1n) is 7.99. The Bertz CT molecular complexity index is 737. The van der Waals surface area contributed by atoms with Crippen molar-refractivity contribution in [2.75, 3.05) is 13.7 Å². The summed E-state index contributed by atoms with van der Waals surface area (Å²) in [6.45, 7) is 3.30. The second-order valence-electron chi connectivity index (χ2n) is 5.68. The molecular formula is C18H21NO5S. The summed E-state index contributed by atoms with van der Waals surface area (Å²) in [4.78, 5) is 36.3. The molecule has 0 aliphatic carbocycles. The Morgan fingerprint density at radius 1 is 1.24 bits per heavy atom. The van der Waals surface area contributed by atoms with Crippen LogP contribution in [0.15, 0.2) is 30.3 Å². The van der Waals surface area contributed by atoms with Crippen LogP contribution in [0.2, 0.25) is 0 Å². The summed E-state index contributed by atoms with van der Waals surface area (Å²) >= 11 is 1.31. The molecule has 25 heavy (non-hydrogen) atoms. The van der Waals surface area contributed by atoms with Crippen molar-refractivity contribution in [2.24, 2.45) is 5.92 Å². The minimum Gasteiger partial charge on any atom is -0.467 e. The minimum absolute atomic E-state index is 0.0882. The Morgan fingerprint density at radius 3 is 2.60 bits per heavy atom. The van der Waals surface area contributed by atoms with E-state index in [4.69, 9.17) is 9.47 Å². The third kappa shape index (κ3) is 4.79. The highest BCUT2D eigenvalue weighted by Gasteiger charge is 2.27. The van der Waals surface area contributed by atoms with Crippen molar-refractivity contribution in [2.45, 2.75) is 26.3 Å². The number of methoxy groups -OCH3 is 1.